The molecule has 0 heterocycles. The van der Waals surface area contributed by atoms with Crippen molar-refractivity contribution in [3.8, 4) is 0 Å². The van der Waals surface area contributed by atoms with Crippen LogP contribution in [0.3, 0.4) is 0 Å². The Labute approximate surface area is 130 Å². The van der Waals surface area contributed by atoms with Gasteiger partial charge in [-0.25, -0.2) is 17.2 Å². The van der Waals surface area contributed by atoms with Gasteiger partial charge in [0.25, 0.3) is 0 Å². The molecule has 1 aromatic carbocycles. The van der Waals surface area contributed by atoms with Crippen molar-refractivity contribution in [2.24, 2.45) is 5.92 Å². The molecule has 0 radical (unpaired) electrons. The molecule has 0 saturated heterocycles. The fraction of sp³-hybridized carbons (Fsp3) is 0.500. The summed E-state index contributed by atoms with van der Waals surface area (Å²) in [5.41, 5.74) is -0.572. The van der Waals surface area contributed by atoms with Crippen molar-refractivity contribution < 1.29 is 22.0 Å². The van der Waals surface area contributed by atoms with Gasteiger partial charge in [0.2, 0.25) is 0 Å². The molecular formula is C14H15BrF2O3S. The number of sulfone groups is 1. The molecule has 1 aliphatic rings. The highest BCUT2D eigenvalue weighted by Crippen LogP contribution is 2.32. The molecule has 0 aromatic heterocycles. The first-order valence-corrected chi connectivity index (χ1v) is 9.32. The maximum Gasteiger partial charge on any atom is 0.171 e. The van der Waals surface area contributed by atoms with E-state index in [1.54, 1.807) is 0 Å². The number of carbonyl (C=O) groups is 1. The summed E-state index contributed by atoms with van der Waals surface area (Å²) in [6.45, 7) is 0. The molecule has 1 fully saturated rings. The summed E-state index contributed by atoms with van der Waals surface area (Å²) in [5.74, 6) is -3.14. The van der Waals surface area contributed by atoms with Crippen LogP contribution in [0.5, 0.6) is 0 Å². The number of Topliss-reactive ketones (excluding diaryl/α,β-unsaturated/α-hetero) is 1. The van der Waals surface area contributed by atoms with Gasteiger partial charge in [-0.3, -0.25) is 4.79 Å². The molecule has 21 heavy (non-hydrogen) atoms. The van der Waals surface area contributed by atoms with E-state index in [1.807, 2.05) is 0 Å². The van der Waals surface area contributed by atoms with Crippen molar-refractivity contribution in [3.63, 3.8) is 0 Å². The van der Waals surface area contributed by atoms with Crippen LogP contribution in [0, 0.1) is 17.6 Å². The molecule has 2 unspecified atom stereocenters. The molecule has 0 aliphatic heterocycles. The van der Waals surface area contributed by atoms with E-state index in [1.165, 1.54) is 0 Å². The highest BCUT2D eigenvalue weighted by molar-refractivity contribution is 9.10. The lowest BCUT2D eigenvalue weighted by Gasteiger charge is -2.27. The molecule has 2 atom stereocenters. The van der Waals surface area contributed by atoms with Gasteiger partial charge in [0, 0.05) is 16.6 Å². The molecule has 116 valence electrons. The van der Waals surface area contributed by atoms with Gasteiger partial charge in [0.15, 0.2) is 5.78 Å². The van der Waals surface area contributed by atoms with Crippen molar-refractivity contribution in [2.45, 2.75) is 30.9 Å². The Bertz CT molecular complexity index is 650. The van der Waals surface area contributed by atoms with Crippen LogP contribution in [0.25, 0.3) is 0 Å². The highest BCUT2D eigenvalue weighted by atomic mass is 79.9. The van der Waals surface area contributed by atoms with E-state index in [9.17, 15) is 22.0 Å². The SMILES string of the molecule is CS(=O)(=O)C1CCCC(C(=O)c2c(F)cc(Br)cc2F)C1. The van der Waals surface area contributed by atoms with Crippen molar-refractivity contribution in [1.29, 1.82) is 0 Å². The summed E-state index contributed by atoms with van der Waals surface area (Å²) in [6.07, 6.45) is 2.78. The quantitative estimate of drug-likeness (QED) is 0.753. The molecule has 0 bridgehead atoms. The first-order chi connectivity index (χ1) is 9.70. The zero-order valence-electron chi connectivity index (χ0n) is 11.4. The fourth-order valence-corrected chi connectivity index (χ4v) is 4.33. The predicted octanol–water partition coefficient (Wildman–Crippen LogP) is 3.51. The van der Waals surface area contributed by atoms with Gasteiger partial charge in [-0.1, -0.05) is 22.4 Å². The molecule has 0 spiro atoms. The second kappa shape index (κ2) is 6.12. The van der Waals surface area contributed by atoms with E-state index in [2.05, 4.69) is 15.9 Å². The number of hydrogen-bond donors (Lipinski definition) is 0. The Morgan fingerprint density at radius 2 is 1.81 bits per heavy atom. The van der Waals surface area contributed by atoms with E-state index in [-0.39, 0.29) is 10.9 Å². The highest BCUT2D eigenvalue weighted by Gasteiger charge is 2.34. The molecule has 0 amide bonds. The van der Waals surface area contributed by atoms with E-state index in [0.717, 1.165) is 18.4 Å². The van der Waals surface area contributed by atoms with E-state index in [4.69, 9.17) is 0 Å². The Balaban J connectivity index is 2.28. The van der Waals surface area contributed by atoms with Crippen LogP contribution in [0.1, 0.15) is 36.0 Å². The minimum absolute atomic E-state index is 0.132. The second-order valence-electron chi connectivity index (χ2n) is 5.42. The second-order valence-corrected chi connectivity index (χ2v) is 8.67. The van der Waals surface area contributed by atoms with Crippen molar-refractivity contribution in [1.82, 2.24) is 0 Å². The van der Waals surface area contributed by atoms with Gasteiger partial charge < -0.3 is 0 Å². The number of rotatable bonds is 3. The third-order valence-corrected chi connectivity index (χ3v) is 5.95. The predicted molar refractivity (Wildman–Crippen MR) is 79.0 cm³/mol. The van der Waals surface area contributed by atoms with Gasteiger partial charge in [-0.05, 0) is 31.4 Å². The minimum atomic E-state index is -3.25. The first kappa shape index (κ1) is 16.5. The number of halogens is 3. The average Bonchev–Trinajstić information content (AvgIpc) is 2.36. The van der Waals surface area contributed by atoms with Gasteiger partial charge in [-0.15, -0.1) is 0 Å². The van der Waals surface area contributed by atoms with Crippen LogP contribution < -0.4 is 0 Å². The smallest absolute Gasteiger partial charge is 0.171 e. The summed E-state index contributed by atoms with van der Waals surface area (Å²) in [7, 11) is -3.25. The largest absolute Gasteiger partial charge is 0.294 e. The summed E-state index contributed by atoms with van der Waals surface area (Å²) in [5, 5.41) is -0.609. The maximum atomic E-state index is 13.8. The van der Waals surface area contributed by atoms with E-state index >= 15 is 0 Å². The number of benzene rings is 1. The Morgan fingerprint density at radius 3 is 2.33 bits per heavy atom. The molecule has 7 heteroatoms. The van der Waals surface area contributed by atoms with Crippen LogP contribution >= 0.6 is 15.9 Å². The third-order valence-electron chi connectivity index (χ3n) is 3.86. The third kappa shape index (κ3) is 3.69. The normalized spacial score (nSPS) is 23.0. The summed E-state index contributed by atoms with van der Waals surface area (Å²) in [4.78, 5) is 12.3. The van der Waals surface area contributed by atoms with Crippen molar-refractivity contribution >= 4 is 31.6 Å². The lowest BCUT2D eigenvalue weighted by molar-refractivity contribution is 0.0882. The van der Waals surface area contributed by atoms with Crippen LogP contribution in [0.2, 0.25) is 0 Å². The van der Waals surface area contributed by atoms with E-state index < -0.39 is 44.0 Å². The Hall–Kier alpha value is -0.820. The lowest BCUT2D eigenvalue weighted by atomic mass is 9.83. The Morgan fingerprint density at radius 1 is 1.24 bits per heavy atom. The minimum Gasteiger partial charge on any atom is -0.294 e. The van der Waals surface area contributed by atoms with Crippen LogP contribution in [0.15, 0.2) is 16.6 Å². The lowest BCUT2D eigenvalue weighted by Crippen LogP contribution is -2.31. The van der Waals surface area contributed by atoms with Gasteiger partial charge in [0.1, 0.15) is 21.5 Å². The zero-order chi connectivity index (χ0) is 15.8. The molecule has 1 saturated carbocycles. The van der Waals surface area contributed by atoms with Crippen LogP contribution in [-0.2, 0) is 9.84 Å². The molecule has 0 N–H and O–H groups in total. The topological polar surface area (TPSA) is 51.2 Å². The molecule has 1 aromatic rings. The maximum absolute atomic E-state index is 13.8. The number of hydrogen-bond acceptors (Lipinski definition) is 3. The molecule has 1 aliphatic carbocycles. The summed E-state index contributed by atoms with van der Waals surface area (Å²) >= 11 is 2.96. The first-order valence-electron chi connectivity index (χ1n) is 6.57. The van der Waals surface area contributed by atoms with Gasteiger partial charge in [0.05, 0.1) is 10.8 Å². The average molecular weight is 381 g/mol. The van der Waals surface area contributed by atoms with Crippen molar-refractivity contribution in [3.05, 3.63) is 33.8 Å². The molecular weight excluding hydrogens is 366 g/mol. The number of ketones is 1. The van der Waals surface area contributed by atoms with Crippen LogP contribution in [-0.4, -0.2) is 25.7 Å². The molecule has 3 nitrogen and oxygen atoms in total. The standard InChI is InChI=1S/C14H15BrF2O3S/c1-21(19,20)10-4-2-3-8(5-10)14(18)13-11(16)6-9(15)7-12(13)17/h6-8,10H,2-5H2,1H3. The van der Waals surface area contributed by atoms with Crippen molar-refractivity contribution in [2.75, 3.05) is 6.26 Å². The number of carbonyl (C=O) groups excluding carboxylic acids is 1. The zero-order valence-corrected chi connectivity index (χ0v) is 13.8. The monoisotopic (exact) mass is 380 g/mol. The molecule has 2 rings (SSSR count). The Kier molecular flexibility index (Phi) is 4.82. The van der Waals surface area contributed by atoms with Gasteiger partial charge in [-0.2, -0.15) is 0 Å². The summed E-state index contributed by atoms with van der Waals surface area (Å²) < 4.78 is 51.1. The summed E-state index contributed by atoms with van der Waals surface area (Å²) in [6, 6.07) is 2.07. The van der Waals surface area contributed by atoms with Crippen LogP contribution in [0.4, 0.5) is 8.78 Å². The van der Waals surface area contributed by atoms with Gasteiger partial charge >= 0.3 is 0 Å². The van der Waals surface area contributed by atoms with E-state index in [0.29, 0.717) is 19.3 Å². The fourth-order valence-electron chi connectivity index (χ4n) is 2.75.